The van der Waals surface area contributed by atoms with Crippen LogP contribution in [0.2, 0.25) is 0 Å². The van der Waals surface area contributed by atoms with Crippen molar-refractivity contribution >= 4 is 5.69 Å². The molecule has 1 N–H and O–H groups in total. The van der Waals surface area contributed by atoms with Crippen molar-refractivity contribution in [3.63, 3.8) is 0 Å². The molecule has 0 aliphatic carbocycles. The lowest BCUT2D eigenvalue weighted by molar-refractivity contribution is 0.172. The van der Waals surface area contributed by atoms with Gasteiger partial charge in [0.05, 0.1) is 13.7 Å². The maximum Gasteiger partial charge on any atom is 0.120 e. The van der Waals surface area contributed by atoms with Gasteiger partial charge in [0.2, 0.25) is 0 Å². The topological polar surface area (TPSA) is 44.4 Å². The molecule has 1 fully saturated rings. The predicted molar refractivity (Wildman–Crippen MR) is 93.0 cm³/mol. The van der Waals surface area contributed by atoms with Crippen LogP contribution in [0.3, 0.4) is 0 Å². The minimum absolute atomic E-state index is 0.0618. The Kier molecular flexibility index (Phi) is 4.31. The number of rotatable bonds is 4. The standard InChI is InChI=1S/C18H26N4O/c1-14-11-19-17(20-14)12-21-8-9-22(18(2,3)13-21)15-6-5-7-16(10-15)23-4/h5-7,10-11H,8-9,12-13H2,1-4H3,(H,19,20). The molecule has 1 saturated heterocycles. The molecule has 1 aliphatic rings. The molecule has 2 aromatic rings. The molecule has 0 amide bonds. The number of methoxy groups -OCH3 is 1. The Morgan fingerprint density at radius 3 is 2.78 bits per heavy atom. The third-order valence-electron chi connectivity index (χ3n) is 4.47. The highest BCUT2D eigenvalue weighted by Crippen LogP contribution is 2.30. The third-order valence-corrected chi connectivity index (χ3v) is 4.47. The zero-order chi connectivity index (χ0) is 16.4. The summed E-state index contributed by atoms with van der Waals surface area (Å²) >= 11 is 0. The van der Waals surface area contributed by atoms with Crippen LogP contribution in [-0.2, 0) is 6.54 Å². The molecular weight excluding hydrogens is 288 g/mol. The maximum absolute atomic E-state index is 5.37. The van der Waals surface area contributed by atoms with E-state index in [0.29, 0.717) is 0 Å². The van der Waals surface area contributed by atoms with Crippen molar-refractivity contribution in [3.8, 4) is 5.75 Å². The van der Waals surface area contributed by atoms with Crippen LogP contribution in [0.1, 0.15) is 25.4 Å². The zero-order valence-corrected chi connectivity index (χ0v) is 14.5. The molecule has 1 aliphatic heterocycles. The summed E-state index contributed by atoms with van der Waals surface area (Å²) in [5, 5.41) is 0. The number of nitrogens with zero attached hydrogens (tertiary/aromatic N) is 3. The van der Waals surface area contributed by atoms with Gasteiger partial charge >= 0.3 is 0 Å². The Labute approximate surface area is 138 Å². The lowest BCUT2D eigenvalue weighted by atomic mass is 9.97. The number of piperazine rings is 1. The van der Waals surface area contributed by atoms with Gasteiger partial charge in [-0.3, -0.25) is 4.90 Å². The number of imidazole rings is 1. The molecule has 0 spiro atoms. The van der Waals surface area contributed by atoms with Crippen LogP contribution in [0.5, 0.6) is 5.75 Å². The minimum Gasteiger partial charge on any atom is -0.497 e. The molecular formula is C18H26N4O. The first-order chi connectivity index (χ1) is 11.0. The molecule has 0 bridgehead atoms. The first-order valence-corrected chi connectivity index (χ1v) is 8.12. The summed E-state index contributed by atoms with van der Waals surface area (Å²) in [6.07, 6.45) is 1.90. The number of hydrogen-bond acceptors (Lipinski definition) is 4. The summed E-state index contributed by atoms with van der Waals surface area (Å²) in [4.78, 5) is 12.7. The second-order valence-corrected chi connectivity index (χ2v) is 6.89. The van der Waals surface area contributed by atoms with E-state index in [4.69, 9.17) is 4.74 Å². The number of aromatic nitrogens is 2. The van der Waals surface area contributed by atoms with Crippen LogP contribution in [0, 0.1) is 6.92 Å². The number of aryl methyl sites for hydroxylation is 1. The predicted octanol–water partition coefficient (Wildman–Crippen LogP) is 2.83. The van der Waals surface area contributed by atoms with Gasteiger partial charge in [0.1, 0.15) is 11.6 Å². The second kappa shape index (κ2) is 6.24. The summed E-state index contributed by atoms with van der Waals surface area (Å²) in [7, 11) is 1.72. The quantitative estimate of drug-likeness (QED) is 0.942. The molecule has 3 rings (SSSR count). The lowest BCUT2D eigenvalue weighted by Crippen LogP contribution is -2.59. The van der Waals surface area contributed by atoms with Crippen molar-refractivity contribution < 1.29 is 4.74 Å². The number of H-pyrrole nitrogens is 1. The summed E-state index contributed by atoms with van der Waals surface area (Å²) in [6, 6.07) is 8.33. The summed E-state index contributed by atoms with van der Waals surface area (Å²) < 4.78 is 5.37. The third kappa shape index (κ3) is 3.50. The average Bonchev–Trinajstić information content (AvgIpc) is 2.91. The van der Waals surface area contributed by atoms with Crippen molar-refractivity contribution in [3.05, 3.63) is 42.0 Å². The highest BCUT2D eigenvalue weighted by molar-refractivity contribution is 5.53. The van der Waals surface area contributed by atoms with Crippen molar-refractivity contribution in [2.75, 3.05) is 31.6 Å². The van der Waals surface area contributed by atoms with E-state index >= 15 is 0 Å². The Balaban J connectivity index is 1.72. The van der Waals surface area contributed by atoms with Gasteiger partial charge in [-0.2, -0.15) is 0 Å². The monoisotopic (exact) mass is 314 g/mol. The summed E-state index contributed by atoms with van der Waals surface area (Å²) in [5.41, 5.74) is 2.41. The molecule has 0 unspecified atom stereocenters. The number of benzene rings is 1. The van der Waals surface area contributed by atoms with Gasteiger partial charge in [-0.15, -0.1) is 0 Å². The number of ether oxygens (including phenoxy) is 1. The maximum atomic E-state index is 5.37. The average molecular weight is 314 g/mol. The smallest absolute Gasteiger partial charge is 0.120 e. The van der Waals surface area contributed by atoms with Crippen molar-refractivity contribution in [1.29, 1.82) is 0 Å². The van der Waals surface area contributed by atoms with E-state index in [1.165, 1.54) is 5.69 Å². The molecule has 0 saturated carbocycles. The van der Waals surface area contributed by atoms with E-state index in [9.17, 15) is 0 Å². The van der Waals surface area contributed by atoms with Gasteiger partial charge < -0.3 is 14.6 Å². The fraction of sp³-hybridized carbons (Fsp3) is 0.500. The van der Waals surface area contributed by atoms with Crippen LogP contribution < -0.4 is 9.64 Å². The van der Waals surface area contributed by atoms with Crippen LogP contribution in [0.4, 0.5) is 5.69 Å². The van der Waals surface area contributed by atoms with Gasteiger partial charge in [0.15, 0.2) is 0 Å². The van der Waals surface area contributed by atoms with Gasteiger partial charge in [0, 0.05) is 48.8 Å². The fourth-order valence-electron chi connectivity index (χ4n) is 3.41. The number of hydrogen-bond donors (Lipinski definition) is 1. The first kappa shape index (κ1) is 15.9. The van der Waals surface area contributed by atoms with E-state index in [0.717, 1.165) is 43.4 Å². The summed E-state index contributed by atoms with van der Waals surface area (Å²) in [6.45, 7) is 10.5. The molecule has 5 nitrogen and oxygen atoms in total. The van der Waals surface area contributed by atoms with Crippen molar-refractivity contribution in [2.45, 2.75) is 32.9 Å². The largest absolute Gasteiger partial charge is 0.497 e. The molecule has 0 radical (unpaired) electrons. The first-order valence-electron chi connectivity index (χ1n) is 8.12. The molecule has 5 heteroatoms. The van der Waals surface area contributed by atoms with Crippen LogP contribution in [0.25, 0.3) is 0 Å². The number of aromatic amines is 1. The Morgan fingerprint density at radius 2 is 2.13 bits per heavy atom. The van der Waals surface area contributed by atoms with Gasteiger partial charge in [-0.25, -0.2) is 4.98 Å². The SMILES string of the molecule is COc1cccc(N2CCN(Cc3ncc(C)[nH]3)CC2(C)C)c1. The Morgan fingerprint density at radius 1 is 1.30 bits per heavy atom. The fourth-order valence-corrected chi connectivity index (χ4v) is 3.41. The zero-order valence-electron chi connectivity index (χ0n) is 14.5. The van der Waals surface area contributed by atoms with Crippen LogP contribution in [0.15, 0.2) is 30.5 Å². The van der Waals surface area contributed by atoms with Crippen molar-refractivity contribution in [1.82, 2.24) is 14.9 Å². The Bertz CT molecular complexity index is 665. The minimum atomic E-state index is 0.0618. The van der Waals surface area contributed by atoms with E-state index in [-0.39, 0.29) is 5.54 Å². The van der Waals surface area contributed by atoms with E-state index in [2.05, 4.69) is 51.8 Å². The van der Waals surface area contributed by atoms with Gasteiger partial charge in [-0.1, -0.05) is 6.07 Å². The molecule has 0 atom stereocenters. The number of anilines is 1. The van der Waals surface area contributed by atoms with E-state index in [1.807, 2.05) is 19.2 Å². The normalized spacial score (nSPS) is 18.2. The van der Waals surface area contributed by atoms with Gasteiger partial charge in [-0.05, 0) is 32.9 Å². The molecule has 2 heterocycles. The van der Waals surface area contributed by atoms with E-state index in [1.54, 1.807) is 7.11 Å². The molecule has 23 heavy (non-hydrogen) atoms. The molecule has 1 aromatic heterocycles. The molecule has 124 valence electrons. The molecule has 1 aromatic carbocycles. The van der Waals surface area contributed by atoms with Gasteiger partial charge in [0.25, 0.3) is 0 Å². The van der Waals surface area contributed by atoms with Crippen LogP contribution >= 0.6 is 0 Å². The van der Waals surface area contributed by atoms with Crippen molar-refractivity contribution in [2.24, 2.45) is 0 Å². The van der Waals surface area contributed by atoms with E-state index < -0.39 is 0 Å². The second-order valence-electron chi connectivity index (χ2n) is 6.89. The highest BCUT2D eigenvalue weighted by atomic mass is 16.5. The number of nitrogens with one attached hydrogen (secondary N) is 1. The highest BCUT2D eigenvalue weighted by Gasteiger charge is 2.34. The summed E-state index contributed by atoms with van der Waals surface area (Å²) in [5.74, 6) is 1.96. The van der Waals surface area contributed by atoms with Crippen LogP contribution in [-0.4, -0.2) is 47.2 Å². The lowest BCUT2D eigenvalue weighted by Gasteiger charge is -2.48. The Hall–Kier alpha value is -2.01.